The third kappa shape index (κ3) is 6.12. The summed E-state index contributed by atoms with van der Waals surface area (Å²) in [5.74, 6) is -2.96. The predicted octanol–water partition coefficient (Wildman–Crippen LogP) is 7.02. The first-order valence-electron chi connectivity index (χ1n) is 13.7. The third-order valence-corrected chi connectivity index (χ3v) is 7.47. The number of pyridine rings is 1. The molecule has 0 bridgehead atoms. The van der Waals surface area contributed by atoms with Crippen molar-refractivity contribution in [3.05, 3.63) is 107 Å². The molecule has 0 saturated heterocycles. The quantitative estimate of drug-likeness (QED) is 0.172. The molecule has 1 aliphatic carbocycles. The van der Waals surface area contributed by atoms with Crippen LogP contribution in [0.1, 0.15) is 65.9 Å². The Morgan fingerprint density at radius 1 is 0.909 bits per heavy atom. The molecule has 0 aliphatic heterocycles. The van der Waals surface area contributed by atoms with E-state index >= 15 is 0 Å². The van der Waals surface area contributed by atoms with Gasteiger partial charge in [-0.05, 0) is 66.0 Å². The fraction of sp³-hybridized carbons (Fsp3) is 0.258. The van der Waals surface area contributed by atoms with Crippen molar-refractivity contribution in [2.24, 2.45) is 0 Å². The minimum Gasteiger partial charge on any atom is -0.346 e. The van der Waals surface area contributed by atoms with Gasteiger partial charge in [0.2, 0.25) is 5.91 Å². The van der Waals surface area contributed by atoms with Crippen LogP contribution in [0.25, 0.3) is 21.9 Å². The summed E-state index contributed by atoms with van der Waals surface area (Å²) in [5, 5.41) is 8.15. The number of nitrogens with one attached hydrogen (secondary N) is 1. The highest BCUT2D eigenvalue weighted by Crippen LogP contribution is 2.47. The molecule has 44 heavy (non-hydrogen) atoms. The van der Waals surface area contributed by atoms with Gasteiger partial charge in [0.1, 0.15) is 35.9 Å². The second kappa shape index (κ2) is 12.1. The highest BCUT2D eigenvalue weighted by atomic mass is 19.3. The molecule has 1 aliphatic rings. The third-order valence-electron chi connectivity index (χ3n) is 7.47. The lowest BCUT2D eigenvalue weighted by atomic mass is 9.95. The number of alkyl halides is 4. The number of aromatic nitrogens is 5. The predicted molar refractivity (Wildman–Crippen MR) is 148 cm³/mol. The molecule has 1 amide bonds. The Labute approximate surface area is 247 Å². The maximum Gasteiger partial charge on any atom is 0.282 e. The normalized spacial score (nSPS) is 14.0. The Morgan fingerprint density at radius 3 is 2.39 bits per heavy atom. The molecule has 0 spiro atoms. The number of fused-ring (bicyclic) bond motifs is 1. The van der Waals surface area contributed by atoms with Crippen LogP contribution in [0.3, 0.4) is 0 Å². The summed E-state index contributed by atoms with van der Waals surface area (Å²) in [5.41, 5.74) is -0.0390. The molecule has 1 N–H and O–H groups in total. The van der Waals surface area contributed by atoms with E-state index in [2.05, 4.69) is 25.4 Å². The molecular weight excluding hydrogens is 586 g/mol. The van der Waals surface area contributed by atoms with Gasteiger partial charge in [0.05, 0.1) is 11.7 Å². The smallest absolute Gasteiger partial charge is 0.282 e. The fourth-order valence-corrected chi connectivity index (χ4v) is 5.46. The van der Waals surface area contributed by atoms with E-state index in [1.54, 1.807) is 18.5 Å². The summed E-state index contributed by atoms with van der Waals surface area (Å²) in [6, 6.07) is 9.20. The summed E-state index contributed by atoms with van der Waals surface area (Å²) in [6.45, 7) is -0.788. The van der Waals surface area contributed by atoms with Gasteiger partial charge in [-0.3, -0.25) is 14.5 Å². The highest BCUT2D eigenvalue weighted by Gasteiger charge is 2.38. The van der Waals surface area contributed by atoms with Crippen molar-refractivity contribution in [3.63, 3.8) is 0 Å². The zero-order chi connectivity index (χ0) is 31.0. The lowest BCUT2D eigenvalue weighted by Gasteiger charge is -2.22. The standard InChI is InChI=1S/C31H24F6N6O/c32-21-7-16(8-22(33)11-21)9-24(27-23(13-39-15-40-27)19-3-4-20-12-38-6-5-18(20)10-19)41-25(44)14-43-29(31(36)37)26(17-1-2-17)28(42-43)30(34)35/h3-8,10-13,15,17,24,30-31H,1-2,9,14H2,(H,41,44)/t24-/m0/s1. The molecule has 13 heteroatoms. The maximum atomic E-state index is 14.1. The van der Waals surface area contributed by atoms with E-state index in [4.69, 9.17) is 0 Å². The molecule has 6 rings (SSSR count). The first kappa shape index (κ1) is 29.3. The molecule has 5 aromatic rings. The Bertz CT molecular complexity index is 1820. The topological polar surface area (TPSA) is 85.6 Å². The highest BCUT2D eigenvalue weighted by molar-refractivity contribution is 5.87. The summed E-state index contributed by atoms with van der Waals surface area (Å²) in [6.07, 6.45) is 0.677. The van der Waals surface area contributed by atoms with Crippen LogP contribution in [0, 0.1) is 11.6 Å². The number of halogens is 6. The van der Waals surface area contributed by atoms with E-state index in [0.29, 0.717) is 34.7 Å². The van der Waals surface area contributed by atoms with Gasteiger partial charge >= 0.3 is 0 Å². The summed E-state index contributed by atoms with van der Waals surface area (Å²) in [4.78, 5) is 26.0. The number of amides is 1. The summed E-state index contributed by atoms with van der Waals surface area (Å²) >= 11 is 0. The zero-order valence-electron chi connectivity index (χ0n) is 22.9. The van der Waals surface area contributed by atoms with Crippen LogP contribution < -0.4 is 5.32 Å². The molecule has 1 saturated carbocycles. The minimum absolute atomic E-state index is 0.141. The van der Waals surface area contributed by atoms with Gasteiger partial charge in [0.25, 0.3) is 12.9 Å². The molecule has 226 valence electrons. The van der Waals surface area contributed by atoms with Crippen molar-refractivity contribution < 1.29 is 31.1 Å². The molecule has 7 nitrogen and oxygen atoms in total. The van der Waals surface area contributed by atoms with E-state index in [0.717, 1.165) is 22.9 Å². The second-order valence-corrected chi connectivity index (χ2v) is 10.6. The van der Waals surface area contributed by atoms with E-state index in [9.17, 15) is 31.1 Å². The molecule has 1 fully saturated rings. The van der Waals surface area contributed by atoms with Crippen LogP contribution in [0.15, 0.2) is 67.4 Å². The zero-order valence-corrected chi connectivity index (χ0v) is 22.9. The average molecular weight is 611 g/mol. The molecule has 1 atom stereocenters. The SMILES string of the molecule is O=C(Cn1nc(C(F)F)c(C2CC2)c1C(F)F)N[C@@H](Cc1cc(F)cc(F)c1)c1ncncc1-c1ccc2cnccc2c1. The Morgan fingerprint density at radius 2 is 1.68 bits per heavy atom. The van der Waals surface area contributed by atoms with Crippen LogP contribution in [0.2, 0.25) is 0 Å². The van der Waals surface area contributed by atoms with Crippen LogP contribution in [-0.4, -0.2) is 30.6 Å². The average Bonchev–Trinajstić information content (AvgIpc) is 3.76. The number of benzene rings is 2. The van der Waals surface area contributed by atoms with Crippen molar-refractivity contribution >= 4 is 16.7 Å². The summed E-state index contributed by atoms with van der Waals surface area (Å²) < 4.78 is 84.6. The minimum atomic E-state index is -3.14. The number of carbonyl (C=O) groups is 1. The van der Waals surface area contributed by atoms with Gasteiger partial charge in [-0.25, -0.2) is 36.3 Å². The van der Waals surface area contributed by atoms with Gasteiger partial charge in [-0.2, -0.15) is 5.10 Å². The first-order valence-corrected chi connectivity index (χ1v) is 13.7. The van der Waals surface area contributed by atoms with E-state index in [1.807, 2.05) is 18.2 Å². The molecule has 2 aromatic carbocycles. The Balaban J connectivity index is 1.37. The molecule has 0 unspecified atom stereocenters. The number of carbonyl (C=O) groups excluding carboxylic acids is 1. The fourth-order valence-electron chi connectivity index (χ4n) is 5.46. The molecule has 3 aromatic heterocycles. The van der Waals surface area contributed by atoms with Crippen molar-refractivity contribution in [1.29, 1.82) is 0 Å². The van der Waals surface area contributed by atoms with Crippen molar-refractivity contribution in [2.75, 3.05) is 0 Å². The van der Waals surface area contributed by atoms with Gasteiger partial charge in [-0.15, -0.1) is 0 Å². The van der Waals surface area contributed by atoms with Gasteiger partial charge in [-0.1, -0.05) is 12.1 Å². The van der Waals surface area contributed by atoms with E-state index < -0.39 is 60.3 Å². The molecular formula is C31H24F6N6O. The van der Waals surface area contributed by atoms with Gasteiger partial charge < -0.3 is 5.32 Å². The Kier molecular flexibility index (Phi) is 8.02. The van der Waals surface area contributed by atoms with Crippen LogP contribution in [0.4, 0.5) is 26.3 Å². The van der Waals surface area contributed by atoms with E-state index in [1.165, 1.54) is 12.5 Å². The van der Waals surface area contributed by atoms with Crippen molar-refractivity contribution in [1.82, 2.24) is 30.0 Å². The lowest BCUT2D eigenvalue weighted by Crippen LogP contribution is -2.34. The molecule has 0 radical (unpaired) electrons. The number of hydrogen-bond acceptors (Lipinski definition) is 5. The molecule has 3 heterocycles. The second-order valence-electron chi connectivity index (χ2n) is 10.6. The van der Waals surface area contributed by atoms with E-state index in [-0.39, 0.29) is 23.2 Å². The monoisotopic (exact) mass is 610 g/mol. The largest absolute Gasteiger partial charge is 0.346 e. The number of nitrogens with zero attached hydrogens (tertiary/aromatic N) is 5. The van der Waals surface area contributed by atoms with Crippen molar-refractivity contribution in [3.8, 4) is 11.1 Å². The van der Waals surface area contributed by atoms with Crippen LogP contribution >= 0.6 is 0 Å². The van der Waals surface area contributed by atoms with Gasteiger partial charge in [0.15, 0.2) is 0 Å². The van der Waals surface area contributed by atoms with Crippen LogP contribution in [0.5, 0.6) is 0 Å². The number of hydrogen-bond donors (Lipinski definition) is 1. The first-order chi connectivity index (χ1) is 21.2. The lowest BCUT2D eigenvalue weighted by molar-refractivity contribution is -0.122. The summed E-state index contributed by atoms with van der Waals surface area (Å²) in [7, 11) is 0. The van der Waals surface area contributed by atoms with Crippen LogP contribution in [-0.2, 0) is 17.8 Å². The van der Waals surface area contributed by atoms with Gasteiger partial charge in [0, 0.05) is 41.2 Å². The number of rotatable bonds is 10. The maximum absolute atomic E-state index is 14.1. The van der Waals surface area contributed by atoms with Crippen molar-refractivity contribution in [2.45, 2.75) is 50.6 Å². The Hall–Kier alpha value is -4.81.